The standard InChI is InChI=1S/C21H17ClF2N2O3S/c1-14-2-9-18(10-3-14)30(28,29)26(17-7-4-15(22)5-8-17)13-21(27)25-20-11-6-16(23)12-19(20)24/h2-12H,13H2,1H3,(H,25,27). The van der Waals surface area contributed by atoms with Crippen LogP contribution in [0.5, 0.6) is 0 Å². The lowest BCUT2D eigenvalue weighted by Crippen LogP contribution is -2.38. The summed E-state index contributed by atoms with van der Waals surface area (Å²) in [6.07, 6.45) is 0. The fourth-order valence-corrected chi connectivity index (χ4v) is 4.22. The third-order valence-electron chi connectivity index (χ3n) is 4.22. The molecule has 1 amide bonds. The summed E-state index contributed by atoms with van der Waals surface area (Å²) in [6.45, 7) is 1.19. The van der Waals surface area contributed by atoms with Crippen molar-refractivity contribution in [1.82, 2.24) is 0 Å². The molecule has 0 aromatic heterocycles. The number of aryl methyl sites for hydroxylation is 1. The van der Waals surface area contributed by atoms with E-state index in [1.165, 1.54) is 36.4 Å². The third kappa shape index (κ3) is 4.95. The Hall–Kier alpha value is -2.97. The van der Waals surface area contributed by atoms with Gasteiger partial charge in [0.2, 0.25) is 5.91 Å². The summed E-state index contributed by atoms with van der Waals surface area (Å²) < 4.78 is 54.3. The van der Waals surface area contributed by atoms with Gasteiger partial charge in [0.15, 0.2) is 0 Å². The maximum atomic E-state index is 13.9. The fraction of sp³-hybridized carbons (Fsp3) is 0.0952. The zero-order valence-corrected chi connectivity index (χ0v) is 17.3. The average Bonchev–Trinajstić information content (AvgIpc) is 2.69. The third-order valence-corrected chi connectivity index (χ3v) is 6.26. The number of anilines is 2. The largest absolute Gasteiger partial charge is 0.322 e. The second-order valence-corrected chi connectivity index (χ2v) is 8.77. The van der Waals surface area contributed by atoms with Crippen LogP contribution in [0.15, 0.2) is 71.6 Å². The Morgan fingerprint density at radius 1 is 1.00 bits per heavy atom. The minimum Gasteiger partial charge on any atom is -0.322 e. The molecule has 3 aromatic rings. The highest BCUT2D eigenvalue weighted by Gasteiger charge is 2.27. The predicted molar refractivity (Wildman–Crippen MR) is 112 cm³/mol. The Morgan fingerprint density at radius 3 is 2.23 bits per heavy atom. The number of amides is 1. The van der Waals surface area contributed by atoms with E-state index in [1.807, 2.05) is 6.92 Å². The Labute approximate surface area is 178 Å². The van der Waals surface area contributed by atoms with Crippen molar-refractivity contribution < 1.29 is 22.0 Å². The summed E-state index contributed by atoms with van der Waals surface area (Å²) in [6, 6.07) is 14.7. The number of rotatable bonds is 6. The van der Waals surface area contributed by atoms with E-state index in [0.29, 0.717) is 11.1 Å². The molecule has 5 nitrogen and oxygen atoms in total. The minimum absolute atomic E-state index is 0.0104. The zero-order valence-electron chi connectivity index (χ0n) is 15.8. The molecule has 0 atom stereocenters. The quantitative estimate of drug-likeness (QED) is 0.588. The van der Waals surface area contributed by atoms with E-state index in [0.717, 1.165) is 22.0 Å². The molecule has 156 valence electrons. The van der Waals surface area contributed by atoms with Gasteiger partial charge in [-0.15, -0.1) is 0 Å². The molecule has 0 bridgehead atoms. The topological polar surface area (TPSA) is 66.5 Å². The first-order valence-electron chi connectivity index (χ1n) is 8.77. The molecule has 0 saturated heterocycles. The zero-order chi connectivity index (χ0) is 21.9. The van der Waals surface area contributed by atoms with E-state index in [-0.39, 0.29) is 16.3 Å². The van der Waals surface area contributed by atoms with Crippen LogP contribution < -0.4 is 9.62 Å². The molecule has 3 rings (SSSR count). The predicted octanol–water partition coefficient (Wildman–Crippen LogP) is 4.76. The second-order valence-electron chi connectivity index (χ2n) is 6.47. The number of carbonyl (C=O) groups is 1. The molecule has 0 unspecified atom stereocenters. The highest BCUT2D eigenvalue weighted by Crippen LogP contribution is 2.26. The molecule has 0 aliphatic carbocycles. The molecule has 0 aliphatic rings. The molecular formula is C21H17ClF2N2O3S. The van der Waals surface area contributed by atoms with E-state index in [4.69, 9.17) is 11.6 Å². The number of halogens is 3. The number of benzene rings is 3. The number of hydrogen-bond donors (Lipinski definition) is 1. The summed E-state index contributed by atoms with van der Waals surface area (Å²) >= 11 is 5.89. The molecule has 0 radical (unpaired) electrons. The van der Waals surface area contributed by atoms with Crippen molar-refractivity contribution in [3.8, 4) is 0 Å². The van der Waals surface area contributed by atoms with Crippen molar-refractivity contribution >= 4 is 38.9 Å². The SMILES string of the molecule is Cc1ccc(S(=O)(=O)N(CC(=O)Nc2ccc(F)cc2F)c2ccc(Cl)cc2)cc1. The molecule has 0 heterocycles. The van der Waals surface area contributed by atoms with Gasteiger partial charge < -0.3 is 5.32 Å². The van der Waals surface area contributed by atoms with Crippen molar-refractivity contribution in [2.45, 2.75) is 11.8 Å². The highest BCUT2D eigenvalue weighted by molar-refractivity contribution is 7.92. The van der Waals surface area contributed by atoms with Crippen molar-refractivity contribution in [3.05, 3.63) is 89.0 Å². The van der Waals surface area contributed by atoms with Gasteiger partial charge in [0, 0.05) is 11.1 Å². The number of hydrogen-bond acceptors (Lipinski definition) is 3. The van der Waals surface area contributed by atoms with Gasteiger partial charge in [-0.25, -0.2) is 17.2 Å². The van der Waals surface area contributed by atoms with Gasteiger partial charge in [-0.2, -0.15) is 0 Å². The summed E-state index contributed by atoms with van der Waals surface area (Å²) in [4.78, 5) is 12.5. The van der Waals surface area contributed by atoms with Crippen LogP contribution in [0.1, 0.15) is 5.56 Å². The lowest BCUT2D eigenvalue weighted by atomic mass is 10.2. The van der Waals surface area contributed by atoms with Crippen LogP contribution in [0.2, 0.25) is 5.02 Å². The Balaban J connectivity index is 1.94. The van der Waals surface area contributed by atoms with Crippen LogP contribution in [0.25, 0.3) is 0 Å². The first-order chi connectivity index (χ1) is 14.2. The van der Waals surface area contributed by atoms with E-state index >= 15 is 0 Å². The first kappa shape index (κ1) is 21.7. The van der Waals surface area contributed by atoms with Crippen LogP contribution in [-0.4, -0.2) is 20.9 Å². The smallest absolute Gasteiger partial charge is 0.264 e. The molecule has 0 spiro atoms. The normalized spacial score (nSPS) is 11.2. The minimum atomic E-state index is -4.11. The maximum absolute atomic E-state index is 13.9. The molecule has 0 saturated carbocycles. The van der Waals surface area contributed by atoms with E-state index in [1.54, 1.807) is 12.1 Å². The van der Waals surface area contributed by atoms with Gasteiger partial charge in [0.1, 0.15) is 18.2 Å². The van der Waals surface area contributed by atoms with Gasteiger partial charge in [-0.05, 0) is 55.5 Å². The molecule has 30 heavy (non-hydrogen) atoms. The Morgan fingerprint density at radius 2 is 1.63 bits per heavy atom. The second kappa shape index (κ2) is 8.81. The van der Waals surface area contributed by atoms with Gasteiger partial charge in [-0.3, -0.25) is 9.10 Å². The summed E-state index contributed by atoms with van der Waals surface area (Å²) in [5.74, 6) is -2.57. The summed E-state index contributed by atoms with van der Waals surface area (Å²) in [5.41, 5.74) is 0.816. The van der Waals surface area contributed by atoms with Crippen molar-refractivity contribution in [1.29, 1.82) is 0 Å². The van der Waals surface area contributed by atoms with Crippen LogP contribution in [0.4, 0.5) is 20.2 Å². The van der Waals surface area contributed by atoms with Crippen LogP contribution in [-0.2, 0) is 14.8 Å². The van der Waals surface area contributed by atoms with Gasteiger partial charge >= 0.3 is 0 Å². The monoisotopic (exact) mass is 450 g/mol. The van der Waals surface area contributed by atoms with E-state index in [9.17, 15) is 22.0 Å². The Kier molecular flexibility index (Phi) is 6.38. The van der Waals surface area contributed by atoms with E-state index < -0.39 is 34.1 Å². The molecule has 1 N–H and O–H groups in total. The molecule has 9 heteroatoms. The van der Waals surface area contributed by atoms with Gasteiger partial charge in [0.05, 0.1) is 16.3 Å². The van der Waals surface area contributed by atoms with Gasteiger partial charge in [0.25, 0.3) is 10.0 Å². The lowest BCUT2D eigenvalue weighted by Gasteiger charge is -2.24. The summed E-state index contributed by atoms with van der Waals surface area (Å²) in [7, 11) is -4.11. The van der Waals surface area contributed by atoms with Crippen LogP contribution in [0, 0.1) is 18.6 Å². The number of nitrogens with one attached hydrogen (secondary N) is 1. The van der Waals surface area contributed by atoms with Crippen LogP contribution >= 0.6 is 11.6 Å². The number of sulfonamides is 1. The molecular weight excluding hydrogens is 434 g/mol. The van der Waals surface area contributed by atoms with Crippen molar-refractivity contribution in [2.24, 2.45) is 0 Å². The highest BCUT2D eigenvalue weighted by atomic mass is 35.5. The first-order valence-corrected chi connectivity index (χ1v) is 10.6. The van der Waals surface area contributed by atoms with E-state index in [2.05, 4.69) is 5.32 Å². The van der Waals surface area contributed by atoms with Crippen LogP contribution in [0.3, 0.4) is 0 Å². The molecule has 0 aliphatic heterocycles. The summed E-state index contributed by atoms with van der Waals surface area (Å²) in [5, 5.41) is 2.66. The number of carbonyl (C=O) groups excluding carboxylic acids is 1. The molecule has 0 fully saturated rings. The maximum Gasteiger partial charge on any atom is 0.264 e. The lowest BCUT2D eigenvalue weighted by molar-refractivity contribution is -0.114. The molecule has 3 aromatic carbocycles. The van der Waals surface area contributed by atoms with Crippen molar-refractivity contribution in [2.75, 3.05) is 16.2 Å². The Bertz CT molecular complexity index is 1170. The average molecular weight is 451 g/mol. The number of nitrogens with zero attached hydrogens (tertiary/aromatic N) is 1. The fourth-order valence-electron chi connectivity index (χ4n) is 2.67. The van der Waals surface area contributed by atoms with Gasteiger partial charge in [-0.1, -0.05) is 29.3 Å². The van der Waals surface area contributed by atoms with Crippen molar-refractivity contribution in [3.63, 3.8) is 0 Å².